The summed E-state index contributed by atoms with van der Waals surface area (Å²) in [6, 6.07) is 16.7. The van der Waals surface area contributed by atoms with Crippen LogP contribution in [0.3, 0.4) is 0 Å². The van der Waals surface area contributed by atoms with Gasteiger partial charge >= 0.3 is 0 Å². The Kier molecular flexibility index (Phi) is 3.24. The Hall–Kier alpha value is -2.57. The number of pyridine rings is 1. The number of fused-ring (bicyclic) bond motifs is 1. The van der Waals surface area contributed by atoms with Crippen molar-refractivity contribution < 1.29 is 4.74 Å². The number of rotatable bonds is 2. The fraction of sp³-hybridized carbons (Fsp3) is 0. The number of benzene rings is 2. The van der Waals surface area contributed by atoms with Crippen LogP contribution in [0, 0.1) is 11.3 Å². The molecule has 0 bridgehead atoms. The second kappa shape index (κ2) is 5.20. The smallest absolute Gasteiger partial charge is 0.144 e. The molecule has 0 N–H and O–H groups in total. The molecule has 3 aromatic rings. The van der Waals surface area contributed by atoms with E-state index in [9.17, 15) is 0 Å². The van der Waals surface area contributed by atoms with Crippen molar-refractivity contribution in [3.8, 4) is 17.6 Å². The molecular formula is C16H9ClN2O. The molecule has 0 aliphatic carbocycles. The van der Waals surface area contributed by atoms with Gasteiger partial charge in [-0.2, -0.15) is 5.26 Å². The highest BCUT2D eigenvalue weighted by Gasteiger charge is 2.07. The molecule has 0 fully saturated rings. The monoisotopic (exact) mass is 280 g/mol. The molecule has 0 aliphatic heterocycles. The van der Waals surface area contributed by atoms with Crippen molar-refractivity contribution in [1.29, 1.82) is 5.26 Å². The third-order valence-electron chi connectivity index (χ3n) is 2.90. The maximum absolute atomic E-state index is 8.85. The van der Waals surface area contributed by atoms with E-state index in [2.05, 4.69) is 4.98 Å². The summed E-state index contributed by atoms with van der Waals surface area (Å²) in [6.07, 6.45) is 1.55. The molecule has 1 heterocycles. The average Bonchev–Trinajstić information content (AvgIpc) is 2.51. The minimum Gasteiger partial charge on any atom is -0.457 e. The lowest BCUT2D eigenvalue weighted by atomic mass is 10.1. The summed E-state index contributed by atoms with van der Waals surface area (Å²) < 4.78 is 5.84. The van der Waals surface area contributed by atoms with Gasteiger partial charge in [0.05, 0.1) is 0 Å². The maximum Gasteiger partial charge on any atom is 0.144 e. The van der Waals surface area contributed by atoms with Gasteiger partial charge in [0.15, 0.2) is 0 Å². The second-order valence-corrected chi connectivity index (χ2v) is 4.59. The minimum absolute atomic E-state index is 0.320. The van der Waals surface area contributed by atoms with Crippen molar-refractivity contribution in [2.75, 3.05) is 0 Å². The number of ether oxygens (including phenoxy) is 1. The lowest BCUT2D eigenvalue weighted by Crippen LogP contribution is -1.88. The number of hydrogen-bond acceptors (Lipinski definition) is 3. The van der Waals surface area contributed by atoms with Crippen molar-refractivity contribution in [2.24, 2.45) is 0 Å². The molecule has 0 spiro atoms. The first-order valence-corrected chi connectivity index (χ1v) is 6.37. The van der Waals surface area contributed by atoms with E-state index in [4.69, 9.17) is 21.6 Å². The number of nitriles is 1. The van der Waals surface area contributed by atoms with E-state index in [1.165, 1.54) is 0 Å². The van der Waals surface area contributed by atoms with Crippen LogP contribution in [0.4, 0.5) is 0 Å². The molecule has 0 radical (unpaired) electrons. The largest absolute Gasteiger partial charge is 0.457 e. The van der Waals surface area contributed by atoms with Gasteiger partial charge < -0.3 is 4.74 Å². The Labute approximate surface area is 121 Å². The highest BCUT2D eigenvalue weighted by atomic mass is 35.5. The van der Waals surface area contributed by atoms with Crippen LogP contribution in [0.25, 0.3) is 10.8 Å². The Morgan fingerprint density at radius 1 is 1.05 bits per heavy atom. The zero-order chi connectivity index (χ0) is 13.9. The minimum atomic E-state index is 0.320. The molecule has 20 heavy (non-hydrogen) atoms. The first-order valence-electron chi connectivity index (χ1n) is 5.99. The standard InChI is InChI=1S/C16H9ClN2O/c17-15-5-6-16(14-4-2-1-3-13(14)15)20-12-7-8-19-11(9-12)10-18/h1-9H. The van der Waals surface area contributed by atoms with E-state index in [1.54, 1.807) is 24.4 Å². The predicted octanol–water partition coefficient (Wildman–Crippen LogP) is 4.55. The van der Waals surface area contributed by atoms with Gasteiger partial charge in [-0.1, -0.05) is 35.9 Å². The van der Waals surface area contributed by atoms with Crippen molar-refractivity contribution in [2.45, 2.75) is 0 Å². The van der Waals surface area contributed by atoms with E-state index in [-0.39, 0.29) is 0 Å². The Balaban J connectivity index is 2.07. The normalized spacial score (nSPS) is 10.2. The number of nitrogens with zero attached hydrogens (tertiary/aromatic N) is 2. The summed E-state index contributed by atoms with van der Waals surface area (Å²) in [4.78, 5) is 3.91. The van der Waals surface area contributed by atoms with E-state index in [0.29, 0.717) is 22.2 Å². The topological polar surface area (TPSA) is 45.9 Å². The van der Waals surface area contributed by atoms with E-state index in [1.807, 2.05) is 36.4 Å². The van der Waals surface area contributed by atoms with E-state index in [0.717, 1.165) is 10.8 Å². The average molecular weight is 281 g/mol. The van der Waals surface area contributed by atoms with Gasteiger partial charge in [0.1, 0.15) is 23.3 Å². The number of halogens is 1. The van der Waals surface area contributed by atoms with Crippen LogP contribution in [-0.2, 0) is 0 Å². The molecule has 3 nitrogen and oxygen atoms in total. The first-order chi connectivity index (χ1) is 9.78. The van der Waals surface area contributed by atoms with Crippen molar-refractivity contribution in [1.82, 2.24) is 4.98 Å². The third-order valence-corrected chi connectivity index (χ3v) is 3.23. The molecule has 0 unspecified atom stereocenters. The first kappa shape index (κ1) is 12.5. The van der Waals surface area contributed by atoms with Crippen LogP contribution < -0.4 is 4.74 Å². The van der Waals surface area contributed by atoms with Crippen LogP contribution in [0.15, 0.2) is 54.7 Å². The summed E-state index contributed by atoms with van der Waals surface area (Å²) in [5, 5.41) is 11.4. The van der Waals surface area contributed by atoms with Crippen molar-refractivity contribution in [3.05, 3.63) is 65.4 Å². The van der Waals surface area contributed by atoms with Gasteiger partial charge in [-0.05, 0) is 18.2 Å². The van der Waals surface area contributed by atoms with Gasteiger partial charge in [0, 0.05) is 28.1 Å². The molecular weight excluding hydrogens is 272 g/mol. The van der Waals surface area contributed by atoms with Crippen LogP contribution >= 0.6 is 11.6 Å². The van der Waals surface area contributed by atoms with E-state index >= 15 is 0 Å². The summed E-state index contributed by atoms with van der Waals surface area (Å²) in [5.74, 6) is 1.27. The molecule has 1 aromatic heterocycles. The van der Waals surface area contributed by atoms with Crippen LogP contribution in [0.1, 0.15) is 5.69 Å². The Morgan fingerprint density at radius 2 is 1.85 bits per heavy atom. The molecule has 4 heteroatoms. The maximum atomic E-state index is 8.85. The predicted molar refractivity (Wildman–Crippen MR) is 78.0 cm³/mol. The zero-order valence-corrected chi connectivity index (χ0v) is 11.1. The van der Waals surface area contributed by atoms with Crippen molar-refractivity contribution >= 4 is 22.4 Å². The quantitative estimate of drug-likeness (QED) is 0.691. The lowest BCUT2D eigenvalue weighted by molar-refractivity contribution is 0.487. The van der Waals surface area contributed by atoms with E-state index < -0.39 is 0 Å². The fourth-order valence-corrected chi connectivity index (χ4v) is 2.21. The summed E-state index contributed by atoms with van der Waals surface area (Å²) in [7, 11) is 0. The van der Waals surface area contributed by atoms with Gasteiger partial charge in [-0.15, -0.1) is 0 Å². The molecule has 0 aliphatic rings. The molecule has 96 valence electrons. The molecule has 0 amide bonds. The SMILES string of the molecule is N#Cc1cc(Oc2ccc(Cl)c3ccccc23)ccn1. The second-order valence-electron chi connectivity index (χ2n) is 4.18. The zero-order valence-electron chi connectivity index (χ0n) is 10.4. The highest BCUT2D eigenvalue weighted by Crippen LogP contribution is 2.33. The van der Waals surface area contributed by atoms with Crippen LogP contribution in [0.5, 0.6) is 11.5 Å². The van der Waals surface area contributed by atoms with Crippen LogP contribution in [0.2, 0.25) is 5.02 Å². The van der Waals surface area contributed by atoms with Gasteiger partial charge in [0.2, 0.25) is 0 Å². The lowest BCUT2D eigenvalue weighted by Gasteiger charge is -2.09. The molecule has 0 saturated carbocycles. The molecule has 3 rings (SSSR count). The van der Waals surface area contributed by atoms with Crippen molar-refractivity contribution in [3.63, 3.8) is 0 Å². The summed E-state index contributed by atoms with van der Waals surface area (Å²) >= 11 is 6.17. The Morgan fingerprint density at radius 3 is 2.65 bits per heavy atom. The molecule has 0 atom stereocenters. The Bertz CT molecular complexity index is 824. The summed E-state index contributed by atoms with van der Waals surface area (Å²) in [5.41, 5.74) is 0.320. The van der Waals surface area contributed by atoms with Gasteiger partial charge in [-0.25, -0.2) is 4.98 Å². The molecule has 2 aromatic carbocycles. The van der Waals surface area contributed by atoms with Crippen LogP contribution in [-0.4, -0.2) is 4.98 Å². The fourth-order valence-electron chi connectivity index (χ4n) is 1.99. The highest BCUT2D eigenvalue weighted by molar-refractivity contribution is 6.35. The van der Waals surface area contributed by atoms with Gasteiger partial charge in [-0.3, -0.25) is 0 Å². The summed E-state index contributed by atoms with van der Waals surface area (Å²) in [6.45, 7) is 0. The third kappa shape index (κ3) is 2.29. The molecule has 0 saturated heterocycles. The number of aromatic nitrogens is 1. The van der Waals surface area contributed by atoms with Gasteiger partial charge in [0.25, 0.3) is 0 Å². The number of hydrogen-bond donors (Lipinski definition) is 0.